The highest BCUT2D eigenvalue weighted by molar-refractivity contribution is 14.0. The molecule has 1 fully saturated rings. The van der Waals surface area contributed by atoms with Gasteiger partial charge in [-0.25, -0.2) is 0 Å². The Morgan fingerprint density at radius 1 is 1.06 bits per heavy atom. The normalized spacial score (nSPS) is 15.2. The quantitative estimate of drug-likeness (QED) is 0.256. The number of halogens is 1. The van der Waals surface area contributed by atoms with Gasteiger partial charge in [0.1, 0.15) is 11.5 Å². The van der Waals surface area contributed by atoms with Crippen molar-refractivity contribution in [1.29, 1.82) is 0 Å². The first-order valence-electron chi connectivity index (χ1n) is 11.7. The fourth-order valence-corrected chi connectivity index (χ4v) is 4.16. The van der Waals surface area contributed by atoms with E-state index >= 15 is 0 Å². The molecule has 0 bridgehead atoms. The predicted molar refractivity (Wildman–Crippen MR) is 146 cm³/mol. The second-order valence-corrected chi connectivity index (χ2v) is 8.66. The van der Waals surface area contributed by atoms with Gasteiger partial charge in [-0.15, -0.1) is 24.0 Å². The van der Waals surface area contributed by atoms with Gasteiger partial charge in [0.15, 0.2) is 5.96 Å². The zero-order valence-corrected chi connectivity index (χ0v) is 23.3. The number of nitrogens with one attached hydrogen (secondary N) is 2. The van der Waals surface area contributed by atoms with Gasteiger partial charge in [0, 0.05) is 68.2 Å². The van der Waals surface area contributed by atoms with Gasteiger partial charge in [0.05, 0.1) is 20.8 Å². The third kappa shape index (κ3) is 8.84. The predicted octanol–water partition coefficient (Wildman–Crippen LogP) is 3.96. The van der Waals surface area contributed by atoms with Crippen LogP contribution in [0.3, 0.4) is 0 Å². The van der Waals surface area contributed by atoms with E-state index in [0.717, 1.165) is 68.7 Å². The van der Waals surface area contributed by atoms with E-state index < -0.39 is 0 Å². The third-order valence-corrected chi connectivity index (χ3v) is 5.84. The van der Waals surface area contributed by atoms with Crippen LogP contribution in [0, 0.1) is 0 Å². The number of methoxy groups -OCH3 is 2. The van der Waals surface area contributed by atoms with Gasteiger partial charge in [-0.05, 0) is 47.5 Å². The molecular formula is C24H44IN5O2. The Labute approximate surface area is 212 Å². The van der Waals surface area contributed by atoms with Crippen molar-refractivity contribution in [2.45, 2.75) is 65.6 Å². The second-order valence-electron chi connectivity index (χ2n) is 8.66. The number of piperidine rings is 1. The van der Waals surface area contributed by atoms with Crippen molar-refractivity contribution in [3.8, 4) is 11.5 Å². The third-order valence-electron chi connectivity index (χ3n) is 5.84. The highest BCUT2D eigenvalue weighted by atomic mass is 127. The molecule has 1 heterocycles. The first-order valence-corrected chi connectivity index (χ1v) is 11.7. The fourth-order valence-electron chi connectivity index (χ4n) is 4.16. The van der Waals surface area contributed by atoms with Gasteiger partial charge >= 0.3 is 0 Å². The van der Waals surface area contributed by atoms with Crippen molar-refractivity contribution in [1.82, 2.24) is 15.5 Å². The molecule has 32 heavy (non-hydrogen) atoms. The molecule has 0 aromatic heterocycles. The van der Waals surface area contributed by atoms with Crippen molar-refractivity contribution in [2.75, 3.05) is 51.8 Å². The van der Waals surface area contributed by atoms with Gasteiger partial charge < -0.3 is 25.0 Å². The summed E-state index contributed by atoms with van der Waals surface area (Å²) in [5.41, 5.74) is 1.15. The van der Waals surface area contributed by atoms with E-state index in [4.69, 9.17) is 14.5 Å². The molecule has 0 spiro atoms. The Morgan fingerprint density at radius 3 is 2.09 bits per heavy atom. The lowest BCUT2D eigenvalue weighted by Gasteiger charge is -2.35. The fraction of sp³-hybridized carbons (Fsp3) is 0.708. The van der Waals surface area contributed by atoms with E-state index in [2.05, 4.69) is 67.2 Å². The maximum Gasteiger partial charge on any atom is 0.191 e. The van der Waals surface area contributed by atoms with Gasteiger partial charge in [-0.1, -0.05) is 0 Å². The number of aliphatic imine (C=N–C) groups is 1. The number of anilines is 1. The molecule has 8 heteroatoms. The summed E-state index contributed by atoms with van der Waals surface area (Å²) in [4.78, 5) is 9.72. The van der Waals surface area contributed by atoms with Crippen LogP contribution in [0.1, 0.15) is 47.5 Å². The summed E-state index contributed by atoms with van der Waals surface area (Å²) in [6.07, 6.45) is 2.13. The minimum absolute atomic E-state index is 0. The van der Waals surface area contributed by atoms with Crippen LogP contribution in [-0.4, -0.2) is 75.9 Å². The lowest BCUT2D eigenvalue weighted by Crippen LogP contribution is -2.49. The minimum atomic E-state index is 0. The minimum Gasteiger partial charge on any atom is -0.497 e. The van der Waals surface area contributed by atoms with Crippen LogP contribution >= 0.6 is 24.0 Å². The number of hydrogen-bond donors (Lipinski definition) is 2. The van der Waals surface area contributed by atoms with Gasteiger partial charge in [0.25, 0.3) is 0 Å². The Hall–Kier alpha value is -1.42. The van der Waals surface area contributed by atoms with Gasteiger partial charge in [-0.2, -0.15) is 0 Å². The largest absolute Gasteiger partial charge is 0.497 e. The summed E-state index contributed by atoms with van der Waals surface area (Å²) in [6.45, 7) is 15.7. The molecule has 1 aliphatic rings. The zero-order valence-electron chi connectivity index (χ0n) is 21.0. The van der Waals surface area contributed by atoms with Crippen LogP contribution < -0.4 is 25.0 Å². The van der Waals surface area contributed by atoms with E-state index in [9.17, 15) is 0 Å². The van der Waals surface area contributed by atoms with Gasteiger partial charge in [-0.3, -0.25) is 9.89 Å². The first kappa shape index (κ1) is 28.6. The summed E-state index contributed by atoms with van der Waals surface area (Å²) < 4.78 is 10.9. The number of rotatable bonds is 10. The molecule has 184 valence electrons. The number of ether oxygens (including phenoxy) is 2. The van der Waals surface area contributed by atoms with Crippen LogP contribution in [0.4, 0.5) is 5.69 Å². The van der Waals surface area contributed by atoms with E-state index in [0.29, 0.717) is 18.1 Å². The van der Waals surface area contributed by atoms with E-state index in [1.165, 1.54) is 0 Å². The monoisotopic (exact) mass is 561 g/mol. The summed E-state index contributed by atoms with van der Waals surface area (Å²) >= 11 is 0. The van der Waals surface area contributed by atoms with E-state index in [1.54, 1.807) is 14.2 Å². The van der Waals surface area contributed by atoms with Gasteiger partial charge in [0.2, 0.25) is 0 Å². The van der Waals surface area contributed by atoms with Crippen molar-refractivity contribution in [3.63, 3.8) is 0 Å². The molecule has 1 aliphatic heterocycles. The lowest BCUT2D eigenvalue weighted by molar-refractivity contribution is 0.181. The molecule has 1 aromatic rings. The Balaban J connectivity index is 0.00000512. The molecule has 0 radical (unpaired) electrons. The summed E-state index contributed by atoms with van der Waals surface area (Å²) in [7, 11) is 3.38. The maximum atomic E-state index is 5.43. The highest BCUT2D eigenvalue weighted by Crippen LogP contribution is 2.30. The molecule has 0 saturated carbocycles. The molecule has 2 N–H and O–H groups in total. The van der Waals surface area contributed by atoms with Crippen LogP contribution in [0.15, 0.2) is 23.2 Å². The Bertz CT molecular complexity index is 661. The Kier molecular flexibility index (Phi) is 13.1. The standard InChI is InChI=1S/C24H43N5O2.HI/c1-8-25-24(26-11-14-29(18(2)3)19(4)5)27-20-9-12-28(13-10-20)21-15-22(30-6)17-23(16-21)31-7;/h15-20H,8-14H2,1-7H3,(H2,25,26,27);1H. The zero-order chi connectivity index (χ0) is 22.8. The maximum absolute atomic E-state index is 5.43. The number of benzene rings is 1. The number of nitrogens with zero attached hydrogens (tertiary/aromatic N) is 3. The topological polar surface area (TPSA) is 61.4 Å². The van der Waals surface area contributed by atoms with Crippen LogP contribution in [0.25, 0.3) is 0 Å². The van der Waals surface area contributed by atoms with Crippen molar-refractivity contribution >= 4 is 35.6 Å². The second kappa shape index (κ2) is 14.7. The molecule has 1 aromatic carbocycles. The van der Waals surface area contributed by atoms with Crippen molar-refractivity contribution in [3.05, 3.63) is 18.2 Å². The first-order chi connectivity index (χ1) is 14.9. The molecule has 0 unspecified atom stereocenters. The average Bonchev–Trinajstić information content (AvgIpc) is 2.76. The van der Waals surface area contributed by atoms with Crippen molar-refractivity contribution < 1.29 is 9.47 Å². The van der Waals surface area contributed by atoms with Crippen LogP contribution in [-0.2, 0) is 0 Å². The molecular weight excluding hydrogens is 517 g/mol. The SMILES string of the molecule is CCNC(=NCCN(C(C)C)C(C)C)NC1CCN(c2cc(OC)cc(OC)c2)CC1.I. The van der Waals surface area contributed by atoms with E-state index in [1.807, 2.05) is 6.07 Å². The molecule has 7 nitrogen and oxygen atoms in total. The summed E-state index contributed by atoms with van der Waals surface area (Å²) in [5.74, 6) is 2.58. The number of hydrogen-bond acceptors (Lipinski definition) is 5. The van der Waals surface area contributed by atoms with E-state index in [-0.39, 0.29) is 24.0 Å². The Morgan fingerprint density at radius 2 is 1.62 bits per heavy atom. The summed E-state index contributed by atoms with van der Waals surface area (Å²) in [6, 6.07) is 7.56. The molecule has 2 rings (SSSR count). The smallest absolute Gasteiger partial charge is 0.191 e. The molecule has 0 aliphatic carbocycles. The van der Waals surface area contributed by atoms with Crippen LogP contribution in [0.2, 0.25) is 0 Å². The van der Waals surface area contributed by atoms with Crippen molar-refractivity contribution in [2.24, 2.45) is 4.99 Å². The molecule has 0 amide bonds. The highest BCUT2D eigenvalue weighted by Gasteiger charge is 2.21. The average molecular weight is 562 g/mol. The lowest BCUT2D eigenvalue weighted by atomic mass is 10.0. The summed E-state index contributed by atoms with van der Waals surface area (Å²) in [5, 5.41) is 7.06. The number of guanidine groups is 1. The molecule has 1 saturated heterocycles. The van der Waals surface area contributed by atoms with Crippen LogP contribution in [0.5, 0.6) is 11.5 Å². The molecule has 0 atom stereocenters.